The van der Waals surface area contributed by atoms with Gasteiger partial charge in [0.25, 0.3) is 0 Å². The van der Waals surface area contributed by atoms with Crippen LogP contribution in [0.1, 0.15) is 12.8 Å². The van der Waals surface area contributed by atoms with E-state index in [4.69, 9.17) is 0 Å². The summed E-state index contributed by atoms with van der Waals surface area (Å²) in [4.78, 5) is 10.2. The number of rotatable bonds is 1. The normalized spacial score (nSPS) is 25.6. The van der Waals surface area contributed by atoms with E-state index in [0.29, 0.717) is 0 Å². The van der Waals surface area contributed by atoms with Crippen molar-refractivity contribution in [3.63, 3.8) is 0 Å². The molecule has 1 nitrogen and oxygen atoms in total. The van der Waals surface area contributed by atoms with Crippen molar-refractivity contribution < 1.29 is 4.79 Å². The molecule has 0 heterocycles. The van der Waals surface area contributed by atoms with Crippen LogP contribution >= 0.6 is 0 Å². The number of hydrogen-bond donors (Lipinski definition) is 0. The van der Waals surface area contributed by atoms with Crippen LogP contribution in [0.3, 0.4) is 0 Å². The molecule has 0 aromatic heterocycles. The van der Waals surface area contributed by atoms with Gasteiger partial charge in [0.15, 0.2) is 0 Å². The second-order valence-corrected chi connectivity index (χ2v) is 2.17. The van der Waals surface area contributed by atoms with E-state index < -0.39 is 0 Å². The van der Waals surface area contributed by atoms with E-state index >= 15 is 0 Å². The van der Waals surface area contributed by atoms with Crippen LogP contribution in [0.15, 0.2) is 24.3 Å². The third-order valence-corrected chi connectivity index (χ3v) is 1.41. The fraction of sp³-hybridized carbons (Fsp3) is 0.375. The standard InChI is InChI=1S/C8H10O/c9-7-8-5-3-1-2-4-6-8/h1,3-4,6-8H,2,5H2. The van der Waals surface area contributed by atoms with Gasteiger partial charge < -0.3 is 4.79 Å². The van der Waals surface area contributed by atoms with E-state index in [9.17, 15) is 4.79 Å². The van der Waals surface area contributed by atoms with E-state index in [2.05, 4.69) is 12.2 Å². The third kappa shape index (κ3) is 1.84. The van der Waals surface area contributed by atoms with Crippen molar-refractivity contribution in [2.75, 3.05) is 0 Å². The highest BCUT2D eigenvalue weighted by Gasteiger charge is 1.99. The highest BCUT2D eigenvalue weighted by atomic mass is 16.1. The van der Waals surface area contributed by atoms with Crippen molar-refractivity contribution in [3.8, 4) is 0 Å². The Bertz CT molecular complexity index is 145. The van der Waals surface area contributed by atoms with Crippen LogP contribution in [0.5, 0.6) is 0 Å². The highest BCUT2D eigenvalue weighted by Crippen LogP contribution is 2.07. The maximum atomic E-state index is 10.2. The highest BCUT2D eigenvalue weighted by molar-refractivity contribution is 5.57. The van der Waals surface area contributed by atoms with E-state index in [1.165, 1.54) is 0 Å². The van der Waals surface area contributed by atoms with Gasteiger partial charge in [0.2, 0.25) is 0 Å². The minimum absolute atomic E-state index is 0.128. The van der Waals surface area contributed by atoms with Gasteiger partial charge >= 0.3 is 0 Å². The molecule has 0 N–H and O–H groups in total. The second-order valence-electron chi connectivity index (χ2n) is 2.17. The summed E-state index contributed by atoms with van der Waals surface area (Å²) in [6.07, 6.45) is 11.0. The zero-order valence-electron chi connectivity index (χ0n) is 5.29. The van der Waals surface area contributed by atoms with Gasteiger partial charge in [0.1, 0.15) is 6.29 Å². The molecule has 0 spiro atoms. The summed E-state index contributed by atoms with van der Waals surface area (Å²) in [5.74, 6) is 0.128. The molecule has 0 saturated carbocycles. The lowest BCUT2D eigenvalue weighted by molar-refractivity contribution is -0.109. The van der Waals surface area contributed by atoms with Gasteiger partial charge in [-0.1, -0.05) is 24.3 Å². The van der Waals surface area contributed by atoms with Gasteiger partial charge in [-0.25, -0.2) is 0 Å². The Kier molecular flexibility index (Phi) is 2.25. The van der Waals surface area contributed by atoms with Crippen LogP contribution < -0.4 is 0 Å². The van der Waals surface area contributed by atoms with Crippen molar-refractivity contribution in [1.82, 2.24) is 0 Å². The van der Waals surface area contributed by atoms with Crippen molar-refractivity contribution in [2.45, 2.75) is 12.8 Å². The molecule has 1 aliphatic rings. The molecule has 0 aromatic rings. The Morgan fingerprint density at radius 3 is 3.00 bits per heavy atom. The van der Waals surface area contributed by atoms with Crippen LogP contribution in [0.4, 0.5) is 0 Å². The van der Waals surface area contributed by atoms with Crippen molar-refractivity contribution >= 4 is 6.29 Å². The summed E-state index contributed by atoms with van der Waals surface area (Å²) in [6, 6.07) is 0. The summed E-state index contributed by atoms with van der Waals surface area (Å²) in [6.45, 7) is 0. The quantitative estimate of drug-likeness (QED) is 0.382. The molecule has 1 heteroatoms. The number of carbonyl (C=O) groups is 1. The first-order valence-corrected chi connectivity index (χ1v) is 3.20. The Balaban J connectivity index is 2.54. The molecule has 48 valence electrons. The average molecular weight is 122 g/mol. The predicted octanol–water partition coefficient (Wildman–Crippen LogP) is 1.71. The molecule has 9 heavy (non-hydrogen) atoms. The minimum atomic E-state index is 0.128. The van der Waals surface area contributed by atoms with Crippen LogP contribution in [-0.4, -0.2) is 6.29 Å². The molecule has 0 fully saturated rings. The topological polar surface area (TPSA) is 17.1 Å². The third-order valence-electron chi connectivity index (χ3n) is 1.41. The smallest absolute Gasteiger partial charge is 0.127 e. The molecule has 1 aliphatic carbocycles. The average Bonchev–Trinajstić information content (AvgIpc) is 2.13. The minimum Gasteiger partial charge on any atom is -0.303 e. The van der Waals surface area contributed by atoms with Gasteiger partial charge in [0, 0.05) is 5.92 Å². The van der Waals surface area contributed by atoms with Crippen LogP contribution in [0.25, 0.3) is 0 Å². The molecule has 0 aliphatic heterocycles. The molecule has 1 atom stereocenters. The van der Waals surface area contributed by atoms with Gasteiger partial charge in [-0.15, -0.1) is 0 Å². The summed E-state index contributed by atoms with van der Waals surface area (Å²) in [7, 11) is 0. The summed E-state index contributed by atoms with van der Waals surface area (Å²) < 4.78 is 0. The first kappa shape index (κ1) is 6.27. The summed E-state index contributed by atoms with van der Waals surface area (Å²) >= 11 is 0. The SMILES string of the molecule is O=CC1C=CCC=CC1. The first-order chi connectivity index (χ1) is 4.43. The van der Waals surface area contributed by atoms with E-state index in [0.717, 1.165) is 19.1 Å². The van der Waals surface area contributed by atoms with E-state index in [1.54, 1.807) is 0 Å². The Hall–Kier alpha value is -0.850. The Labute approximate surface area is 55.1 Å². The maximum Gasteiger partial charge on any atom is 0.127 e. The molecule has 0 aromatic carbocycles. The van der Waals surface area contributed by atoms with Crippen LogP contribution in [0.2, 0.25) is 0 Å². The summed E-state index contributed by atoms with van der Waals surface area (Å²) in [5.41, 5.74) is 0. The second kappa shape index (κ2) is 3.23. The number of allylic oxidation sites excluding steroid dienone is 4. The van der Waals surface area contributed by atoms with Crippen molar-refractivity contribution in [3.05, 3.63) is 24.3 Å². The van der Waals surface area contributed by atoms with Crippen molar-refractivity contribution in [1.29, 1.82) is 0 Å². The van der Waals surface area contributed by atoms with Gasteiger partial charge in [0.05, 0.1) is 0 Å². The molecule has 0 bridgehead atoms. The molecular weight excluding hydrogens is 112 g/mol. The Morgan fingerprint density at radius 2 is 2.22 bits per heavy atom. The molecule has 1 rings (SSSR count). The van der Waals surface area contributed by atoms with Gasteiger partial charge in [-0.3, -0.25) is 0 Å². The molecule has 1 unspecified atom stereocenters. The van der Waals surface area contributed by atoms with E-state index in [1.807, 2.05) is 12.2 Å². The molecule has 0 radical (unpaired) electrons. The predicted molar refractivity (Wildman–Crippen MR) is 37.1 cm³/mol. The monoisotopic (exact) mass is 122 g/mol. The maximum absolute atomic E-state index is 10.2. The number of hydrogen-bond acceptors (Lipinski definition) is 1. The zero-order chi connectivity index (χ0) is 6.53. The fourth-order valence-electron chi connectivity index (χ4n) is 0.861. The lowest BCUT2D eigenvalue weighted by Crippen LogP contribution is -1.93. The Morgan fingerprint density at radius 1 is 1.33 bits per heavy atom. The van der Waals surface area contributed by atoms with Crippen LogP contribution in [-0.2, 0) is 4.79 Å². The summed E-state index contributed by atoms with van der Waals surface area (Å²) in [5, 5.41) is 0. The lowest BCUT2D eigenvalue weighted by Gasteiger charge is -1.94. The fourth-order valence-corrected chi connectivity index (χ4v) is 0.861. The first-order valence-electron chi connectivity index (χ1n) is 3.20. The molecule has 0 amide bonds. The van der Waals surface area contributed by atoms with Crippen molar-refractivity contribution in [2.24, 2.45) is 5.92 Å². The lowest BCUT2D eigenvalue weighted by atomic mass is 10.1. The number of carbonyl (C=O) groups excluding carboxylic acids is 1. The van der Waals surface area contributed by atoms with Crippen LogP contribution in [0, 0.1) is 5.92 Å². The van der Waals surface area contributed by atoms with E-state index in [-0.39, 0.29) is 5.92 Å². The molecule has 0 saturated heterocycles. The molecular formula is C8H10O. The zero-order valence-corrected chi connectivity index (χ0v) is 5.29. The number of aldehydes is 1. The van der Waals surface area contributed by atoms with Gasteiger partial charge in [-0.2, -0.15) is 0 Å². The van der Waals surface area contributed by atoms with Gasteiger partial charge in [-0.05, 0) is 12.8 Å². The largest absolute Gasteiger partial charge is 0.303 e.